The molecule has 2 amide bonds. The number of nitrogens with one attached hydrogen (secondary N) is 3. The minimum Gasteiger partial charge on any atom is -0.357 e. The molecule has 0 aliphatic carbocycles. The molecule has 3 aromatic rings. The van der Waals surface area contributed by atoms with E-state index < -0.39 is 17.7 Å². The molecule has 34 heavy (non-hydrogen) atoms. The molecule has 1 aromatic heterocycles. The van der Waals surface area contributed by atoms with Gasteiger partial charge in [-0.15, -0.1) is 0 Å². The predicted molar refractivity (Wildman–Crippen MR) is 129 cm³/mol. The number of halogens is 2. The van der Waals surface area contributed by atoms with Gasteiger partial charge in [0, 0.05) is 30.9 Å². The van der Waals surface area contributed by atoms with Crippen LogP contribution >= 0.6 is 0 Å². The van der Waals surface area contributed by atoms with E-state index in [-0.39, 0.29) is 11.4 Å². The minimum atomic E-state index is -0.755. The van der Waals surface area contributed by atoms with Crippen LogP contribution in [0.15, 0.2) is 47.6 Å². The van der Waals surface area contributed by atoms with Gasteiger partial charge in [0.15, 0.2) is 0 Å². The monoisotopic (exact) mass is 461 g/mol. The highest BCUT2D eigenvalue weighted by atomic mass is 19.1. The van der Waals surface area contributed by atoms with E-state index in [1.165, 1.54) is 24.3 Å². The van der Waals surface area contributed by atoms with Crippen LogP contribution in [0.5, 0.6) is 0 Å². The van der Waals surface area contributed by atoms with Gasteiger partial charge in [0.05, 0.1) is 17.9 Å². The number of amidine groups is 1. The number of para-hydroxylation sites is 1. The summed E-state index contributed by atoms with van der Waals surface area (Å²) in [6.45, 7) is 3.05. The molecule has 3 heterocycles. The predicted octanol–water partition coefficient (Wildman–Crippen LogP) is 4.52. The molecule has 2 aliphatic heterocycles. The zero-order valence-electron chi connectivity index (χ0n) is 18.5. The van der Waals surface area contributed by atoms with Crippen LogP contribution in [0.2, 0.25) is 0 Å². The number of hydrogen-bond acceptors (Lipinski definition) is 6. The molecule has 0 bridgehead atoms. The van der Waals surface area contributed by atoms with Crippen molar-refractivity contribution in [3.05, 3.63) is 70.9 Å². The molecule has 0 saturated heterocycles. The van der Waals surface area contributed by atoms with E-state index in [1.54, 1.807) is 32.3 Å². The Morgan fingerprint density at radius 1 is 1.09 bits per heavy atom. The number of urea groups is 1. The van der Waals surface area contributed by atoms with Crippen molar-refractivity contribution in [2.45, 2.75) is 6.92 Å². The van der Waals surface area contributed by atoms with Crippen LogP contribution in [0.3, 0.4) is 0 Å². The Hall–Kier alpha value is -4.34. The van der Waals surface area contributed by atoms with Crippen LogP contribution < -0.4 is 20.9 Å². The van der Waals surface area contributed by atoms with E-state index in [2.05, 4.69) is 30.9 Å². The molecular weight excluding hydrogens is 440 g/mol. The van der Waals surface area contributed by atoms with E-state index in [4.69, 9.17) is 0 Å². The van der Waals surface area contributed by atoms with Crippen molar-refractivity contribution in [1.29, 1.82) is 0 Å². The first-order valence-electron chi connectivity index (χ1n) is 10.7. The smallest absolute Gasteiger partial charge is 0.323 e. The third-order valence-corrected chi connectivity index (χ3v) is 5.63. The number of fused-ring (bicyclic) bond motifs is 3. The van der Waals surface area contributed by atoms with Gasteiger partial charge in [-0.2, -0.15) is 4.98 Å². The molecule has 0 atom stereocenters. The molecule has 8 nitrogen and oxygen atoms in total. The Labute approximate surface area is 194 Å². The fourth-order valence-electron chi connectivity index (χ4n) is 4.02. The lowest BCUT2D eigenvalue weighted by Gasteiger charge is -2.28. The number of nitrogens with zero attached hydrogens (tertiary/aromatic N) is 4. The normalized spacial score (nSPS) is 14.1. The molecule has 0 fully saturated rings. The standard InChI is InChI=1S/C24H21F2N7O/c1-13-9-18(26)20(31-24(34)30-19-6-4-3-5-17(19)25)11-15(13)16-10-14-12-29-23(27-2)32-21(14)33-8-7-28-22(16)33/h3-6,9-12H,7-8H2,1-2H3,(H,27,29,32)(H2,30,31,34). The summed E-state index contributed by atoms with van der Waals surface area (Å²) >= 11 is 0. The molecular formula is C24H21F2N7O. The van der Waals surface area contributed by atoms with Gasteiger partial charge in [-0.05, 0) is 48.4 Å². The van der Waals surface area contributed by atoms with E-state index in [9.17, 15) is 13.6 Å². The van der Waals surface area contributed by atoms with E-state index in [0.717, 1.165) is 22.8 Å². The summed E-state index contributed by atoms with van der Waals surface area (Å²) in [6.07, 6.45) is 3.64. The van der Waals surface area contributed by atoms with Crippen molar-refractivity contribution in [3.8, 4) is 0 Å². The largest absolute Gasteiger partial charge is 0.357 e. The Balaban J connectivity index is 1.50. The maximum Gasteiger partial charge on any atom is 0.323 e. The van der Waals surface area contributed by atoms with E-state index >= 15 is 0 Å². The number of carbonyl (C=O) groups is 1. The Morgan fingerprint density at radius 2 is 1.88 bits per heavy atom. The van der Waals surface area contributed by atoms with Gasteiger partial charge >= 0.3 is 6.03 Å². The second kappa shape index (κ2) is 8.54. The van der Waals surface area contributed by atoms with Crippen LogP contribution in [0.1, 0.15) is 16.7 Å². The quantitative estimate of drug-likeness (QED) is 0.531. The number of aromatic nitrogens is 2. The molecule has 2 aliphatic rings. The number of aliphatic imine (C=N–C) groups is 1. The van der Waals surface area contributed by atoms with Crippen molar-refractivity contribution >= 4 is 46.7 Å². The number of aryl methyl sites for hydroxylation is 1. The summed E-state index contributed by atoms with van der Waals surface area (Å²) in [5.74, 6) is 0.796. The third-order valence-electron chi connectivity index (χ3n) is 5.63. The lowest BCUT2D eigenvalue weighted by molar-refractivity contribution is 0.262. The van der Waals surface area contributed by atoms with Crippen LogP contribution in [0.25, 0.3) is 11.6 Å². The van der Waals surface area contributed by atoms with Crippen LogP contribution in [-0.4, -0.2) is 42.0 Å². The van der Waals surface area contributed by atoms with Gasteiger partial charge in [-0.3, -0.25) is 4.99 Å². The van der Waals surface area contributed by atoms with Crippen LogP contribution in [0, 0.1) is 18.6 Å². The lowest BCUT2D eigenvalue weighted by Crippen LogP contribution is -2.32. The molecule has 5 rings (SSSR count). The number of amides is 2. The molecule has 2 aromatic carbocycles. The Morgan fingerprint density at radius 3 is 2.68 bits per heavy atom. The molecule has 0 unspecified atom stereocenters. The molecule has 172 valence electrons. The van der Waals surface area contributed by atoms with E-state index in [0.29, 0.717) is 30.2 Å². The molecule has 0 spiro atoms. The molecule has 3 N–H and O–H groups in total. The van der Waals surface area contributed by atoms with Gasteiger partial charge in [-0.25, -0.2) is 18.6 Å². The number of carbonyl (C=O) groups excluding carboxylic acids is 1. The van der Waals surface area contributed by atoms with Crippen molar-refractivity contribution in [1.82, 2.24) is 9.97 Å². The number of rotatable bonds is 4. The van der Waals surface area contributed by atoms with Crippen molar-refractivity contribution in [2.24, 2.45) is 4.99 Å². The van der Waals surface area contributed by atoms with Gasteiger partial charge < -0.3 is 20.9 Å². The maximum atomic E-state index is 14.8. The number of benzene rings is 2. The number of hydrogen-bond donors (Lipinski definition) is 3. The first-order chi connectivity index (χ1) is 16.4. The molecule has 0 radical (unpaired) electrons. The summed E-state index contributed by atoms with van der Waals surface area (Å²) in [4.78, 5) is 28.0. The topological polar surface area (TPSA) is 94.5 Å². The maximum absolute atomic E-state index is 14.8. The highest BCUT2D eigenvalue weighted by Crippen LogP contribution is 2.37. The second-order valence-electron chi connectivity index (χ2n) is 7.84. The average molecular weight is 461 g/mol. The summed E-state index contributed by atoms with van der Waals surface area (Å²) in [6, 6.07) is 7.91. The third kappa shape index (κ3) is 3.83. The van der Waals surface area contributed by atoms with Gasteiger partial charge in [0.1, 0.15) is 23.3 Å². The summed E-state index contributed by atoms with van der Waals surface area (Å²) < 4.78 is 28.6. The summed E-state index contributed by atoms with van der Waals surface area (Å²) in [7, 11) is 1.75. The molecule has 10 heteroatoms. The first kappa shape index (κ1) is 21.5. The highest BCUT2D eigenvalue weighted by molar-refractivity contribution is 6.36. The van der Waals surface area contributed by atoms with Crippen molar-refractivity contribution in [3.63, 3.8) is 0 Å². The average Bonchev–Trinajstić information content (AvgIpc) is 3.32. The van der Waals surface area contributed by atoms with E-state index in [1.807, 2.05) is 11.0 Å². The van der Waals surface area contributed by atoms with Gasteiger partial charge in [0.25, 0.3) is 0 Å². The zero-order valence-corrected chi connectivity index (χ0v) is 18.5. The number of anilines is 4. The second-order valence-corrected chi connectivity index (χ2v) is 7.84. The summed E-state index contributed by atoms with van der Waals surface area (Å²) in [5.41, 5.74) is 2.93. The fraction of sp³-hybridized carbons (Fsp3) is 0.167. The Bertz CT molecular complexity index is 1370. The first-order valence-corrected chi connectivity index (χ1v) is 10.7. The van der Waals surface area contributed by atoms with Gasteiger partial charge in [-0.1, -0.05) is 12.1 Å². The zero-order chi connectivity index (χ0) is 23.8. The van der Waals surface area contributed by atoms with Crippen molar-refractivity contribution in [2.75, 3.05) is 41.0 Å². The fourth-order valence-corrected chi connectivity index (χ4v) is 4.02. The SMILES string of the molecule is CNc1ncc2c(n1)N1CCN=C1C(c1cc(NC(=O)Nc3ccccc3F)c(F)cc1C)=C2. The lowest BCUT2D eigenvalue weighted by atomic mass is 9.94. The minimum absolute atomic E-state index is 0.00349. The summed E-state index contributed by atoms with van der Waals surface area (Å²) in [5, 5.41) is 7.82. The van der Waals surface area contributed by atoms with Crippen molar-refractivity contribution < 1.29 is 13.6 Å². The Kier molecular flexibility index (Phi) is 5.40. The van der Waals surface area contributed by atoms with Gasteiger partial charge in [0.2, 0.25) is 5.95 Å². The highest BCUT2D eigenvalue weighted by Gasteiger charge is 2.31. The van der Waals surface area contributed by atoms with Crippen LogP contribution in [0.4, 0.5) is 36.7 Å². The van der Waals surface area contributed by atoms with Crippen LogP contribution in [-0.2, 0) is 0 Å². The molecule has 0 saturated carbocycles.